The van der Waals surface area contributed by atoms with Gasteiger partial charge in [-0.05, 0) is 13.8 Å². The van der Waals surface area contributed by atoms with Crippen LogP contribution in [0.3, 0.4) is 0 Å². The van der Waals surface area contributed by atoms with Gasteiger partial charge >= 0.3 is 0 Å². The van der Waals surface area contributed by atoms with E-state index in [1.165, 1.54) is 0 Å². The molecule has 0 saturated heterocycles. The molecule has 0 fully saturated rings. The Balaban J connectivity index is 2.51. The van der Waals surface area contributed by atoms with Crippen LogP contribution < -0.4 is 0 Å². The number of H-pyrrole nitrogens is 1. The monoisotopic (exact) mass is 177 g/mol. The summed E-state index contributed by atoms with van der Waals surface area (Å²) >= 11 is 0. The molecule has 13 heavy (non-hydrogen) atoms. The van der Waals surface area contributed by atoms with E-state index in [0.717, 1.165) is 23.2 Å². The fraction of sp³-hybridized carbons (Fsp3) is 0.375. The molecule has 2 heterocycles. The topological polar surface area (TPSA) is 59.4 Å². The molecule has 5 heteroatoms. The number of rotatable bonds is 1. The first-order chi connectivity index (χ1) is 6.16. The van der Waals surface area contributed by atoms with Gasteiger partial charge in [-0.2, -0.15) is 5.10 Å². The number of aryl methyl sites for hydroxylation is 3. The van der Waals surface area contributed by atoms with Crippen molar-refractivity contribution in [1.82, 2.24) is 24.7 Å². The lowest BCUT2D eigenvalue weighted by molar-refractivity contribution is 0.759. The van der Waals surface area contributed by atoms with Gasteiger partial charge in [0.25, 0.3) is 0 Å². The summed E-state index contributed by atoms with van der Waals surface area (Å²) in [5.41, 5.74) is 1.02. The Morgan fingerprint density at radius 3 is 2.62 bits per heavy atom. The fourth-order valence-corrected chi connectivity index (χ4v) is 1.24. The smallest absolute Gasteiger partial charge is 0.194 e. The summed E-state index contributed by atoms with van der Waals surface area (Å²) in [6.45, 7) is 3.82. The second-order valence-electron chi connectivity index (χ2n) is 3.02. The highest BCUT2D eigenvalue weighted by Crippen LogP contribution is 2.11. The van der Waals surface area contributed by atoms with E-state index in [1.54, 1.807) is 10.9 Å². The van der Waals surface area contributed by atoms with Gasteiger partial charge in [-0.15, -0.1) is 0 Å². The zero-order chi connectivity index (χ0) is 9.42. The highest BCUT2D eigenvalue weighted by Gasteiger charge is 2.08. The van der Waals surface area contributed by atoms with Gasteiger partial charge in [0, 0.05) is 18.9 Å². The Kier molecular flexibility index (Phi) is 1.65. The third-order valence-electron chi connectivity index (χ3n) is 1.78. The first-order valence-corrected chi connectivity index (χ1v) is 4.06. The van der Waals surface area contributed by atoms with Crippen LogP contribution in [0.4, 0.5) is 0 Å². The average Bonchev–Trinajstić information content (AvgIpc) is 2.58. The van der Waals surface area contributed by atoms with Gasteiger partial charge in [-0.1, -0.05) is 0 Å². The Labute approximate surface area is 75.8 Å². The molecule has 1 N–H and O–H groups in total. The third-order valence-corrected chi connectivity index (χ3v) is 1.78. The number of nitrogens with one attached hydrogen (secondary N) is 1. The summed E-state index contributed by atoms with van der Waals surface area (Å²) in [5.74, 6) is 2.29. The molecule has 0 bridgehead atoms. The van der Waals surface area contributed by atoms with Crippen molar-refractivity contribution < 1.29 is 0 Å². The quantitative estimate of drug-likeness (QED) is 0.701. The van der Waals surface area contributed by atoms with Gasteiger partial charge in [0.2, 0.25) is 0 Å². The highest BCUT2D eigenvalue weighted by atomic mass is 15.3. The number of nitrogens with zero attached hydrogens (tertiary/aromatic N) is 4. The molecule has 0 unspecified atom stereocenters. The summed E-state index contributed by atoms with van der Waals surface area (Å²) in [5, 5.41) is 4.14. The molecular formula is C8H11N5. The van der Waals surface area contributed by atoms with Crippen molar-refractivity contribution in [3.63, 3.8) is 0 Å². The first kappa shape index (κ1) is 7.97. The third kappa shape index (κ3) is 1.32. The number of hydrogen-bond donors (Lipinski definition) is 1. The molecular weight excluding hydrogens is 166 g/mol. The summed E-state index contributed by atoms with van der Waals surface area (Å²) < 4.78 is 1.72. The molecule has 2 rings (SSSR count). The maximum atomic E-state index is 4.25. The molecule has 0 aliphatic heterocycles. The van der Waals surface area contributed by atoms with Crippen LogP contribution in [0.2, 0.25) is 0 Å². The van der Waals surface area contributed by atoms with E-state index in [2.05, 4.69) is 20.1 Å². The second kappa shape index (κ2) is 2.69. The van der Waals surface area contributed by atoms with E-state index >= 15 is 0 Å². The SMILES string of the molecule is Cc1nc(-c2ncc(C)[nH]2)n(C)n1. The van der Waals surface area contributed by atoms with Crippen molar-refractivity contribution in [1.29, 1.82) is 0 Å². The molecule has 0 amide bonds. The van der Waals surface area contributed by atoms with Crippen molar-refractivity contribution in [2.24, 2.45) is 7.05 Å². The Morgan fingerprint density at radius 1 is 1.38 bits per heavy atom. The molecule has 0 aliphatic carbocycles. The number of imidazole rings is 1. The molecule has 0 radical (unpaired) electrons. The van der Waals surface area contributed by atoms with Crippen LogP contribution in [0.1, 0.15) is 11.5 Å². The maximum Gasteiger partial charge on any atom is 0.194 e. The van der Waals surface area contributed by atoms with E-state index in [0.29, 0.717) is 0 Å². The lowest BCUT2D eigenvalue weighted by Gasteiger charge is -1.93. The molecule has 0 aliphatic rings. The van der Waals surface area contributed by atoms with Gasteiger partial charge in [0.1, 0.15) is 5.82 Å². The molecule has 0 aromatic carbocycles. The number of aromatic nitrogens is 5. The molecule has 2 aromatic rings. The van der Waals surface area contributed by atoms with Crippen LogP contribution in [-0.4, -0.2) is 24.7 Å². The Hall–Kier alpha value is -1.65. The van der Waals surface area contributed by atoms with Crippen LogP contribution in [0.25, 0.3) is 11.6 Å². The van der Waals surface area contributed by atoms with Gasteiger partial charge in [-0.3, -0.25) is 0 Å². The summed E-state index contributed by atoms with van der Waals surface area (Å²) in [4.78, 5) is 11.5. The lowest BCUT2D eigenvalue weighted by Crippen LogP contribution is -1.95. The van der Waals surface area contributed by atoms with Crippen molar-refractivity contribution in [3.05, 3.63) is 17.7 Å². The van der Waals surface area contributed by atoms with E-state index in [4.69, 9.17) is 0 Å². The minimum Gasteiger partial charge on any atom is -0.339 e. The molecule has 5 nitrogen and oxygen atoms in total. The second-order valence-corrected chi connectivity index (χ2v) is 3.02. The van der Waals surface area contributed by atoms with E-state index in [9.17, 15) is 0 Å². The molecule has 2 aromatic heterocycles. The van der Waals surface area contributed by atoms with Crippen LogP contribution in [-0.2, 0) is 7.05 Å². The van der Waals surface area contributed by atoms with Crippen LogP contribution in [0, 0.1) is 13.8 Å². The lowest BCUT2D eigenvalue weighted by atomic mass is 10.5. The summed E-state index contributed by atoms with van der Waals surface area (Å²) in [6, 6.07) is 0. The van der Waals surface area contributed by atoms with Gasteiger partial charge in [0.05, 0.1) is 0 Å². The van der Waals surface area contributed by atoms with Gasteiger partial charge in [0.15, 0.2) is 11.6 Å². The first-order valence-electron chi connectivity index (χ1n) is 4.06. The van der Waals surface area contributed by atoms with Crippen LogP contribution >= 0.6 is 0 Å². The minimum absolute atomic E-state index is 0.756. The zero-order valence-corrected chi connectivity index (χ0v) is 7.87. The number of hydrogen-bond acceptors (Lipinski definition) is 3. The van der Waals surface area contributed by atoms with E-state index in [-0.39, 0.29) is 0 Å². The Morgan fingerprint density at radius 2 is 2.15 bits per heavy atom. The standard InChI is InChI=1S/C8H11N5/c1-5-4-9-7(10-5)8-11-6(2)12-13(8)3/h4H,1-3H3,(H,9,10). The highest BCUT2D eigenvalue weighted by molar-refractivity contribution is 5.43. The molecule has 0 spiro atoms. The minimum atomic E-state index is 0.756. The van der Waals surface area contributed by atoms with E-state index in [1.807, 2.05) is 20.9 Å². The largest absolute Gasteiger partial charge is 0.339 e. The zero-order valence-electron chi connectivity index (χ0n) is 7.87. The molecule has 0 atom stereocenters. The van der Waals surface area contributed by atoms with Crippen molar-refractivity contribution in [3.8, 4) is 11.6 Å². The van der Waals surface area contributed by atoms with Gasteiger partial charge < -0.3 is 4.98 Å². The molecule has 68 valence electrons. The van der Waals surface area contributed by atoms with Crippen molar-refractivity contribution in [2.75, 3.05) is 0 Å². The predicted octanol–water partition coefficient (Wildman–Crippen LogP) is 0.822. The van der Waals surface area contributed by atoms with Crippen LogP contribution in [0.5, 0.6) is 0 Å². The Bertz CT molecular complexity index is 425. The summed E-state index contributed by atoms with van der Waals surface area (Å²) in [7, 11) is 1.85. The number of aromatic amines is 1. The maximum absolute atomic E-state index is 4.25. The average molecular weight is 177 g/mol. The van der Waals surface area contributed by atoms with Crippen LogP contribution in [0.15, 0.2) is 6.20 Å². The van der Waals surface area contributed by atoms with Crippen molar-refractivity contribution >= 4 is 0 Å². The predicted molar refractivity (Wildman–Crippen MR) is 48.1 cm³/mol. The van der Waals surface area contributed by atoms with Crippen molar-refractivity contribution in [2.45, 2.75) is 13.8 Å². The van der Waals surface area contributed by atoms with E-state index < -0.39 is 0 Å². The fourth-order valence-electron chi connectivity index (χ4n) is 1.24. The normalized spacial score (nSPS) is 10.7. The summed E-state index contributed by atoms with van der Waals surface area (Å²) in [6.07, 6.45) is 1.78. The van der Waals surface area contributed by atoms with Gasteiger partial charge in [-0.25, -0.2) is 14.6 Å². The molecule has 0 saturated carbocycles.